The van der Waals surface area contributed by atoms with Crippen LogP contribution in [-0.2, 0) is 6.18 Å². The molecule has 4 nitrogen and oxygen atoms in total. The summed E-state index contributed by atoms with van der Waals surface area (Å²) in [6.45, 7) is 5.08. The van der Waals surface area contributed by atoms with Crippen molar-refractivity contribution in [2.24, 2.45) is 0 Å². The Balaban J connectivity index is 1.85. The average molecular weight is 562 g/mol. The van der Waals surface area contributed by atoms with Gasteiger partial charge in [-0.05, 0) is 78.7 Å². The highest BCUT2D eigenvalue weighted by atomic mass is 35.5. The number of imidazole rings is 1. The first kappa shape index (κ1) is 27.7. The van der Waals surface area contributed by atoms with Crippen molar-refractivity contribution in [2.75, 3.05) is 5.32 Å². The van der Waals surface area contributed by atoms with E-state index in [0.29, 0.717) is 0 Å². The SMILES string of the molecule is C=C(/C(F)=C(F)\C=C/C)c1nc(Cl)n2c(-c3ccc(C(F)(F)F)c(C(=O)Nc4ccc(F)cc4)c3)cccc12. The molecule has 11 heteroatoms. The standard InChI is InChI=1S/C28H18ClF6N3O/c1-3-5-21(31)24(32)15(2)25-23-7-4-6-22(38(23)27(29)37-25)16-8-13-20(28(33,34)35)19(14-16)26(39)36-18-11-9-17(30)10-12-18/h3-14H,2H2,1H3,(H,36,39)/b5-3-,24-21-. The summed E-state index contributed by atoms with van der Waals surface area (Å²) >= 11 is 6.32. The van der Waals surface area contributed by atoms with Crippen LogP contribution in [0.15, 0.2) is 91.0 Å². The van der Waals surface area contributed by atoms with Crippen molar-refractivity contribution in [3.8, 4) is 11.3 Å². The molecule has 2 aromatic carbocycles. The van der Waals surface area contributed by atoms with E-state index in [-0.39, 0.29) is 39.0 Å². The van der Waals surface area contributed by atoms with Gasteiger partial charge in [-0.15, -0.1) is 0 Å². The summed E-state index contributed by atoms with van der Waals surface area (Å²) < 4.78 is 84.6. The van der Waals surface area contributed by atoms with E-state index in [1.54, 1.807) is 0 Å². The second-order valence-electron chi connectivity index (χ2n) is 8.22. The minimum Gasteiger partial charge on any atom is -0.322 e. The van der Waals surface area contributed by atoms with Gasteiger partial charge >= 0.3 is 6.18 Å². The second kappa shape index (κ2) is 10.8. The largest absolute Gasteiger partial charge is 0.417 e. The van der Waals surface area contributed by atoms with Gasteiger partial charge in [0.25, 0.3) is 5.91 Å². The first-order valence-corrected chi connectivity index (χ1v) is 11.6. The van der Waals surface area contributed by atoms with Crippen LogP contribution in [0.1, 0.15) is 28.5 Å². The van der Waals surface area contributed by atoms with E-state index in [4.69, 9.17) is 11.6 Å². The van der Waals surface area contributed by atoms with E-state index >= 15 is 0 Å². The summed E-state index contributed by atoms with van der Waals surface area (Å²) in [6.07, 6.45) is -2.65. The summed E-state index contributed by atoms with van der Waals surface area (Å²) in [5.41, 5.74) is -1.73. The van der Waals surface area contributed by atoms with Crippen molar-refractivity contribution in [1.29, 1.82) is 0 Å². The fraction of sp³-hybridized carbons (Fsp3) is 0.0714. The number of benzene rings is 2. The van der Waals surface area contributed by atoms with Gasteiger partial charge in [0.15, 0.2) is 11.7 Å². The van der Waals surface area contributed by atoms with Crippen LogP contribution < -0.4 is 5.32 Å². The number of nitrogens with zero attached hydrogens (tertiary/aromatic N) is 2. The molecule has 0 spiro atoms. The van der Waals surface area contributed by atoms with Crippen LogP contribution in [0, 0.1) is 5.82 Å². The number of halogens is 7. The van der Waals surface area contributed by atoms with Gasteiger partial charge in [0.2, 0.25) is 5.28 Å². The van der Waals surface area contributed by atoms with Gasteiger partial charge in [-0.1, -0.05) is 24.8 Å². The molecule has 0 saturated carbocycles. The quantitative estimate of drug-likeness (QED) is 0.189. The number of carbonyl (C=O) groups is 1. The molecule has 1 N–H and O–H groups in total. The van der Waals surface area contributed by atoms with Crippen molar-refractivity contribution in [1.82, 2.24) is 9.38 Å². The number of fused-ring (bicyclic) bond motifs is 1. The lowest BCUT2D eigenvalue weighted by molar-refractivity contribution is -0.137. The van der Waals surface area contributed by atoms with Gasteiger partial charge in [0, 0.05) is 11.3 Å². The summed E-state index contributed by atoms with van der Waals surface area (Å²) in [4.78, 5) is 17.0. The van der Waals surface area contributed by atoms with Crippen molar-refractivity contribution in [3.05, 3.63) is 119 Å². The van der Waals surface area contributed by atoms with Crippen LogP contribution in [-0.4, -0.2) is 15.3 Å². The number of alkyl halides is 3. The number of allylic oxidation sites excluding steroid dienone is 5. The van der Waals surface area contributed by atoms with Crippen molar-refractivity contribution in [3.63, 3.8) is 0 Å². The highest BCUT2D eigenvalue weighted by Gasteiger charge is 2.35. The van der Waals surface area contributed by atoms with E-state index in [2.05, 4.69) is 16.9 Å². The average Bonchev–Trinajstić information content (AvgIpc) is 3.25. The van der Waals surface area contributed by atoms with Crippen molar-refractivity contribution >= 4 is 34.3 Å². The van der Waals surface area contributed by atoms with Crippen LogP contribution >= 0.6 is 11.6 Å². The monoisotopic (exact) mass is 561 g/mol. The third-order valence-electron chi connectivity index (χ3n) is 5.66. The predicted octanol–water partition coefficient (Wildman–Crippen LogP) is 8.80. The molecule has 2 heterocycles. The molecule has 0 aliphatic rings. The molecule has 4 aromatic rings. The zero-order chi connectivity index (χ0) is 28.5. The molecule has 0 aliphatic carbocycles. The Morgan fingerprint density at radius 1 is 1.08 bits per heavy atom. The maximum absolute atomic E-state index is 14.6. The van der Waals surface area contributed by atoms with Gasteiger partial charge in [-0.25, -0.2) is 18.2 Å². The van der Waals surface area contributed by atoms with Gasteiger partial charge in [0.05, 0.1) is 22.3 Å². The van der Waals surface area contributed by atoms with Crippen LogP contribution in [0.3, 0.4) is 0 Å². The normalized spacial score (nSPS) is 12.6. The predicted molar refractivity (Wildman–Crippen MR) is 138 cm³/mol. The Morgan fingerprint density at radius 2 is 1.77 bits per heavy atom. The number of anilines is 1. The lowest BCUT2D eigenvalue weighted by Gasteiger charge is -2.15. The van der Waals surface area contributed by atoms with Gasteiger partial charge in [-0.3, -0.25) is 9.20 Å². The third-order valence-corrected chi connectivity index (χ3v) is 5.92. The highest BCUT2D eigenvalue weighted by Crippen LogP contribution is 2.37. The fourth-order valence-corrected chi connectivity index (χ4v) is 4.14. The molecular weight excluding hydrogens is 544 g/mol. The minimum atomic E-state index is -4.86. The number of nitrogens with one attached hydrogen (secondary N) is 1. The van der Waals surface area contributed by atoms with Crippen LogP contribution in [0.4, 0.5) is 32.0 Å². The van der Waals surface area contributed by atoms with E-state index in [9.17, 15) is 31.1 Å². The lowest BCUT2D eigenvalue weighted by Crippen LogP contribution is -2.19. The maximum atomic E-state index is 14.6. The highest BCUT2D eigenvalue weighted by molar-refractivity contribution is 6.29. The number of carbonyl (C=O) groups excluding carboxylic acids is 1. The first-order valence-electron chi connectivity index (χ1n) is 11.3. The van der Waals surface area contributed by atoms with E-state index in [1.807, 2.05) is 0 Å². The molecule has 1 amide bonds. The molecular formula is C28H18ClF6N3O. The Kier molecular flexibility index (Phi) is 7.69. The number of amides is 1. The Hall–Kier alpha value is -4.31. The minimum absolute atomic E-state index is 0.0832. The molecule has 0 aliphatic heterocycles. The zero-order valence-electron chi connectivity index (χ0n) is 20.1. The first-order chi connectivity index (χ1) is 18.4. The molecule has 0 radical (unpaired) electrons. The fourth-order valence-electron chi connectivity index (χ4n) is 3.88. The van der Waals surface area contributed by atoms with E-state index in [1.165, 1.54) is 47.7 Å². The van der Waals surface area contributed by atoms with Gasteiger partial charge in [-0.2, -0.15) is 13.2 Å². The molecule has 0 atom stereocenters. The Morgan fingerprint density at radius 3 is 2.41 bits per heavy atom. The van der Waals surface area contributed by atoms with E-state index in [0.717, 1.165) is 36.4 Å². The molecule has 0 bridgehead atoms. The summed E-state index contributed by atoms with van der Waals surface area (Å²) in [6, 6.07) is 11.9. The molecule has 0 unspecified atom stereocenters. The molecule has 2 aromatic heterocycles. The van der Waals surface area contributed by atoms with Crippen molar-refractivity contribution < 1.29 is 31.1 Å². The van der Waals surface area contributed by atoms with Crippen molar-refractivity contribution in [2.45, 2.75) is 13.1 Å². The van der Waals surface area contributed by atoms with Crippen LogP contribution in [0.25, 0.3) is 22.3 Å². The molecule has 0 fully saturated rings. The number of aromatic nitrogens is 2. The van der Waals surface area contributed by atoms with Gasteiger partial charge in [0.1, 0.15) is 11.5 Å². The van der Waals surface area contributed by atoms with Crippen LogP contribution in [0.2, 0.25) is 5.28 Å². The Bertz CT molecular complexity index is 1650. The molecule has 0 saturated heterocycles. The van der Waals surface area contributed by atoms with E-state index < -0.39 is 40.7 Å². The van der Waals surface area contributed by atoms with Crippen LogP contribution in [0.5, 0.6) is 0 Å². The molecule has 200 valence electrons. The summed E-state index contributed by atoms with van der Waals surface area (Å²) in [5, 5.41) is 2.13. The zero-order valence-corrected chi connectivity index (χ0v) is 20.8. The topological polar surface area (TPSA) is 46.4 Å². The Labute approximate surface area is 223 Å². The second-order valence-corrected chi connectivity index (χ2v) is 8.56. The number of pyridine rings is 1. The molecule has 39 heavy (non-hydrogen) atoms. The number of hydrogen-bond donors (Lipinski definition) is 1. The van der Waals surface area contributed by atoms with Gasteiger partial charge < -0.3 is 5.32 Å². The number of hydrogen-bond acceptors (Lipinski definition) is 2. The maximum Gasteiger partial charge on any atom is 0.417 e. The summed E-state index contributed by atoms with van der Waals surface area (Å²) in [7, 11) is 0. The summed E-state index contributed by atoms with van der Waals surface area (Å²) in [5.74, 6) is -4.10. The third kappa shape index (κ3) is 5.61. The lowest BCUT2D eigenvalue weighted by atomic mass is 10.00. The molecule has 4 rings (SSSR count). The smallest absolute Gasteiger partial charge is 0.322 e. The number of rotatable bonds is 6.